The van der Waals surface area contributed by atoms with Crippen LogP contribution in [-0.4, -0.2) is 42.1 Å². The van der Waals surface area contributed by atoms with Crippen LogP contribution < -0.4 is 5.32 Å². The third-order valence-corrected chi connectivity index (χ3v) is 3.76. The molecule has 2 fully saturated rings. The molecule has 2 saturated heterocycles. The van der Waals surface area contributed by atoms with Gasteiger partial charge in [-0.1, -0.05) is 13.8 Å². The highest BCUT2D eigenvalue weighted by Gasteiger charge is 2.40. The van der Waals surface area contributed by atoms with E-state index in [2.05, 4.69) is 5.32 Å². The summed E-state index contributed by atoms with van der Waals surface area (Å²) in [5.74, 6) is 0.434. The zero-order chi connectivity index (χ0) is 13.3. The molecule has 0 aromatic carbocycles. The van der Waals surface area contributed by atoms with Gasteiger partial charge in [-0.2, -0.15) is 0 Å². The van der Waals surface area contributed by atoms with Gasteiger partial charge in [-0.3, -0.25) is 9.69 Å². The van der Waals surface area contributed by atoms with Crippen molar-refractivity contribution in [1.82, 2.24) is 10.2 Å². The molecule has 0 aromatic heterocycles. The van der Waals surface area contributed by atoms with Gasteiger partial charge in [-0.15, -0.1) is 0 Å². The average Bonchev–Trinajstić information content (AvgIpc) is 2.57. The Balaban J connectivity index is 1.96. The Kier molecular flexibility index (Phi) is 3.90. The molecule has 5 heteroatoms. The predicted octanol–water partition coefficient (Wildman–Crippen LogP) is 1.38. The minimum Gasteiger partial charge on any atom is -0.378 e. The van der Waals surface area contributed by atoms with Crippen molar-refractivity contribution < 1.29 is 14.3 Å². The Morgan fingerprint density at radius 3 is 2.72 bits per heavy atom. The van der Waals surface area contributed by atoms with E-state index in [0.717, 1.165) is 19.4 Å². The lowest BCUT2D eigenvalue weighted by Gasteiger charge is -2.29. The normalized spacial score (nSPS) is 33.1. The van der Waals surface area contributed by atoms with Gasteiger partial charge in [0.2, 0.25) is 0 Å². The molecule has 102 valence electrons. The summed E-state index contributed by atoms with van der Waals surface area (Å²) < 4.78 is 5.48. The van der Waals surface area contributed by atoms with Gasteiger partial charge >= 0.3 is 6.03 Å². The van der Waals surface area contributed by atoms with E-state index in [4.69, 9.17) is 4.74 Å². The number of nitrogens with one attached hydrogen (secondary N) is 1. The molecule has 0 radical (unpaired) electrons. The van der Waals surface area contributed by atoms with Gasteiger partial charge in [0.1, 0.15) is 6.04 Å². The van der Waals surface area contributed by atoms with Crippen LogP contribution in [0.15, 0.2) is 0 Å². The molecule has 2 aliphatic heterocycles. The molecule has 2 unspecified atom stereocenters. The van der Waals surface area contributed by atoms with Crippen LogP contribution >= 0.6 is 0 Å². The number of carbonyl (C=O) groups is 2. The van der Waals surface area contributed by atoms with Gasteiger partial charge in [0.05, 0.1) is 6.10 Å². The first-order valence-corrected chi connectivity index (χ1v) is 6.72. The predicted molar refractivity (Wildman–Crippen MR) is 67.0 cm³/mol. The van der Waals surface area contributed by atoms with Crippen LogP contribution in [0.3, 0.4) is 0 Å². The number of nitrogens with zero attached hydrogens (tertiary/aromatic N) is 1. The number of hydrogen-bond donors (Lipinski definition) is 1. The first kappa shape index (κ1) is 13.3. The minimum atomic E-state index is -0.352. The standard InChI is InChI=1S/C13H22N2O3/c1-8(2)11-12(16)15(13(17)14-11)7-10-4-5-18-9(3)6-10/h8-11H,4-7H2,1-3H3,(H,14,17)/t9?,10?,11-/m0/s1. The van der Waals surface area contributed by atoms with E-state index in [1.54, 1.807) is 0 Å². The van der Waals surface area contributed by atoms with E-state index in [1.165, 1.54) is 4.90 Å². The quantitative estimate of drug-likeness (QED) is 0.774. The third kappa shape index (κ3) is 2.66. The summed E-state index contributed by atoms with van der Waals surface area (Å²) in [5.41, 5.74) is 0. The summed E-state index contributed by atoms with van der Waals surface area (Å²) >= 11 is 0. The summed E-state index contributed by atoms with van der Waals surface area (Å²) in [4.78, 5) is 25.3. The lowest BCUT2D eigenvalue weighted by molar-refractivity contribution is -0.129. The van der Waals surface area contributed by atoms with E-state index < -0.39 is 0 Å². The third-order valence-electron chi connectivity index (χ3n) is 3.76. The number of ether oxygens (including phenoxy) is 1. The van der Waals surface area contributed by atoms with Gasteiger partial charge in [0.15, 0.2) is 0 Å². The smallest absolute Gasteiger partial charge is 0.324 e. The Hall–Kier alpha value is -1.10. The molecule has 0 aromatic rings. The van der Waals surface area contributed by atoms with Crippen LogP contribution in [0.4, 0.5) is 4.79 Å². The maximum Gasteiger partial charge on any atom is 0.324 e. The zero-order valence-electron chi connectivity index (χ0n) is 11.3. The Morgan fingerprint density at radius 2 is 2.17 bits per heavy atom. The van der Waals surface area contributed by atoms with Crippen molar-refractivity contribution in [2.45, 2.75) is 45.8 Å². The summed E-state index contributed by atoms with van der Waals surface area (Å²) in [7, 11) is 0. The van der Waals surface area contributed by atoms with Crippen molar-refractivity contribution in [3.8, 4) is 0 Å². The van der Waals surface area contributed by atoms with Crippen LogP contribution in [0.2, 0.25) is 0 Å². The van der Waals surface area contributed by atoms with Crippen molar-refractivity contribution >= 4 is 11.9 Å². The van der Waals surface area contributed by atoms with Gasteiger partial charge in [0, 0.05) is 13.2 Å². The van der Waals surface area contributed by atoms with Crippen LogP contribution in [0.5, 0.6) is 0 Å². The molecule has 2 rings (SSSR count). The maximum atomic E-state index is 12.1. The fraction of sp³-hybridized carbons (Fsp3) is 0.846. The maximum absolute atomic E-state index is 12.1. The number of hydrogen-bond acceptors (Lipinski definition) is 3. The first-order chi connectivity index (χ1) is 8.49. The molecule has 0 saturated carbocycles. The number of urea groups is 1. The fourth-order valence-corrected chi connectivity index (χ4v) is 2.68. The fourth-order valence-electron chi connectivity index (χ4n) is 2.68. The molecule has 5 nitrogen and oxygen atoms in total. The summed E-state index contributed by atoms with van der Waals surface area (Å²) in [6, 6.07) is -0.590. The van der Waals surface area contributed by atoms with Crippen LogP contribution in [0.25, 0.3) is 0 Å². The molecule has 3 atom stereocenters. The molecule has 3 amide bonds. The van der Waals surface area contributed by atoms with Crippen molar-refractivity contribution in [3.05, 3.63) is 0 Å². The Morgan fingerprint density at radius 1 is 1.44 bits per heavy atom. The SMILES string of the molecule is CC1CC(CN2C(=O)N[C@@H](C(C)C)C2=O)CCO1. The van der Waals surface area contributed by atoms with Crippen molar-refractivity contribution in [3.63, 3.8) is 0 Å². The van der Waals surface area contributed by atoms with E-state index in [0.29, 0.717) is 12.5 Å². The molecule has 0 spiro atoms. The second-order valence-electron chi connectivity index (χ2n) is 5.69. The topological polar surface area (TPSA) is 58.6 Å². The van der Waals surface area contributed by atoms with E-state index in [1.807, 2.05) is 20.8 Å². The van der Waals surface area contributed by atoms with Gasteiger partial charge in [-0.25, -0.2) is 4.79 Å². The van der Waals surface area contributed by atoms with Crippen LogP contribution in [0.1, 0.15) is 33.6 Å². The molecular weight excluding hydrogens is 232 g/mol. The highest BCUT2D eigenvalue weighted by molar-refractivity contribution is 6.04. The highest BCUT2D eigenvalue weighted by Crippen LogP contribution is 2.23. The number of amides is 3. The molecule has 18 heavy (non-hydrogen) atoms. The largest absolute Gasteiger partial charge is 0.378 e. The molecule has 2 aliphatic rings. The zero-order valence-corrected chi connectivity index (χ0v) is 11.3. The van der Waals surface area contributed by atoms with Crippen molar-refractivity contribution in [1.29, 1.82) is 0 Å². The van der Waals surface area contributed by atoms with Gasteiger partial charge in [-0.05, 0) is 31.6 Å². The van der Waals surface area contributed by atoms with Crippen LogP contribution in [0, 0.1) is 11.8 Å². The van der Waals surface area contributed by atoms with Crippen molar-refractivity contribution in [2.75, 3.05) is 13.2 Å². The second kappa shape index (κ2) is 5.26. The molecule has 0 bridgehead atoms. The van der Waals surface area contributed by atoms with E-state index in [9.17, 15) is 9.59 Å². The van der Waals surface area contributed by atoms with E-state index >= 15 is 0 Å². The molecule has 1 N–H and O–H groups in total. The monoisotopic (exact) mass is 254 g/mol. The molecular formula is C13H22N2O3. The van der Waals surface area contributed by atoms with Gasteiger partial charge < -0.3 is 10.1 Å². The highest BCUT2D eigenvalue weighted by atomic mass is 16.5. The summed E-state index contributed by atoms with van der Waals surface area (Å²) in [6.45, 7) is 7.19. The first-order valence-electron chi connectivity index (χ1n) is 6.72. The van der Waals surface area contributed by atoms with Crippen LogP contribution in [-0.2, 0) is 9.53 Å². The second-order valence-corrected chi connectivity index (χ2v) is 5.69. The summed E-state index contributed by atoms with van der Waals surface area (Å²) in [5, 5.41) is 2.76. The molecule has 0 aliphatic carbocycles. The van der Waals surface area contributed by atoms with E-state index in [-0.39, 0.29) is 30.0 Å². The minimum absolute atomic E-state index is 0.0749. The van der Waals surface area contributed by atoms with Gasteiger partial charge in [0.25, 0.3) is 5.91 Å². The Labute approximate surface area is 108 Å². The summed E-state index contributed by atoms with van der Waals surface area (Å²) in [6.07, 6.45) is 2.07. The van der Waals surface area contributed by atoms with Crippen molar-refractivity contribution in [2.24, 2.45) is 11.8 Å². The Bertz CT molecular complexity index is 343. The molecule has 2 heterocycles. The lowest BCUT2D eigenvalue weighted by atomic mass is 9.95. The number of carbonyl (C=O) groups excluding carboxylic acids is 2. The number of imide groups is 1. The average molecular weight is 254 g/mol. The number of rotatable bonds is 3. The lowest BCUT2D eigenvalue weighted by Crippen LogP contribution is -2.39.